The zero-order valence-electron chi connectivity index (χ0n) is 9.21. The summed E-state index contributed by atoms with van der Waals surface area (Å²) in [5, 5.41) is 4.99. The van der Waals surface area contributed by atoms with Crippen LogP contribution in [0.25, 0.3) is 22.2 Å². The van der Waals surface area contributed by atoms with Gasteiger partial charge in [0.25, 0.3) is 0 Å². The predicted octanol–water partition coefficient (Wildman–Crippen LogP) is 2.18. The van der Waals surface area contributed by atoms with E-state index in [0.29, 0.717) is 0 Å². The van der Waals surface area contributed by atoms with Gasteiger partial charge >= 0.3 is 0 Å². The van der Waals surface area contributed by atoms with Gasteiger partial charge in [0.15, 0.2) is 5.58 Å². The second-order valence-corrected chi connectivity index (χ2v) is 3.86. The highest BCUT2D eigenvalue weighted by atomic mass is 16.5. The number of aryl methyl sites for hydroxylation is 1. The fourth-order valence-corrected chi connectivity index (χ4v) is 1.71. The van der Waals surface area contributed by atoms with Gasteiger partial charge in [0.2, 0.25) is 5.95 Å². The SMILES string of the molecule is Cc1ccc2c(-c3cnc(N)nc3)noc2c1. The van der Waals surface area contributed by atoms with Gasteiger partial charge in [-0.3, -0.25) is 0 Å². The third kappa shape index (κ3) is 1.61. The Kier molecular flexibility index (Phi) is 2.04. The van der Waals surface area contributed by atoms with Gasteiger partial charge in [-0.05, 0) is 24.6 Å². The van der Waals surface area contributed by atoms with Crippen molar-refractivity contribution in [2.75, 3.05) is 5.73 Å². The first-order chi connectivity index (χ1) is 8.24. The van der Waals surface area contributed by atoms with E-state index in [-0.39, 0.29) is 5.95 Å². The van der Waals surface area contributed by atoms with Crippen molar-refractivity contribution in [1.82, 2.24) is 15.1 Å². The van der Waals surface area contributed by atoms with Crippen LogP contribution >= 0.6 is 0 Å². The minimum atomic E-state index is 0.248. The summed E-state index contributed by atoms with van der Waals surface area (Å²) in [7, 11) is 0. The first-order valence-corrected chi connectivity index (χ1v) is 5.18. The third-order valence-corrected chi connectivity index (χ3v) is 2.57. The van der Waals surface area contributed by atoms with Crippen LogP contribution in [0.15, 0.2) is 35.1 Å². The lowest BCUT2D eigenvalue weighted by atomic mass is 10.1. The normalized spacial score (nSPS) is 10.9. The molecule has 0 atom stereocenters. The van der Waals surface area contributed by atoms with Crippen LogP contribution in [0.1, 0.15) is 5.56 Å². The lowest BCUT2D eigenvalue weighted by molar-refractivity contribution is 0.459. The second kappa shape index (κ2) is 3.55. The average molecular weight is 226 g/mol. The molecule has 0 bridgehead atoms. The van der Waals surface area contributed by atoms with E-state index in [9.17, 15) is 0 Å². The van der Waals surface area contributed by atoms with Crippen molar-refractivity contribution in [3.8, 4) is 11.3 Å². The van der Waals surface area contributed by atoms with E-state index in [4.69, 9.17) is 10.3 Å². The molecule has 5 nitrogen and oxygen atoms in total. The summed E-state index contributed by atoms with van der Waals surface area (Å²) in [5.74, 6) is 0.248. The molecule has 0 aliphatic heterocycles. The Morgan fingerprint density at radius 2 is 1.94 bits per heavy atom. The van der Waals surface area contributed by atoms with E-state index < -0.39 is 0 Å². The van der Waals surface area contributed by atoms with E-state index in [0.717, 1.165) is 27.8 Å². The molecule has 84 valence electrons. The molecule has 0 amide bonds. The Hall–Kier alpha value is -2.43. The predicted molar refractivity (Wildman–Crippen MR) is 64.2 cm³/mol. The highest BCUT2D eigenvalue weighted by molar-refractivity contribution is 5.91. The molecule has 0 saturated heterocycles. The quantitative estimate of drug-likeness (QED) is 0.688. The molecular formula is C12H10N4O. The van der Waals surface area contributed by atoms with Gasteiger partial charge in [0, 0.05) is 23.3 Å². The summed E-state index contributed by atoms with van der Waals surface area (Å²) >= 11 is 0. The second-order valence-electron chi connectivity index (χ2n) is 3.86. The molecule has 5 heteroatoms. The van der Waals surface area contributed by atoms with Gasteiger partial charge < -0.3 is 10.3 Å². The summed E-state index contributed by atoms with van der Waals surface area (Å²) in [6, 6.07) is 5.94. The molecule has 0 unspecified atom stereocenters. The number of nitrogens with two attached hydrogens (primary N) is 1. The van der Waals surface area contributed by atoms with Crippen molar-refractivity contribution in [1.29, 1.82) is 0 Å². The molecule has 0 aliphatic carbocycles. The zero-order chi connectivity index (χ0) is 11.8. The van der Waals surface area contributed by atoms with Crippen LogP contribution in [0, 0.1) is 6.92 Å². The molecule has 0 radical (unpaired) electrons. The van der Waals surface area contributed by atoms with Gasteiger partial charge in [-0.25, -0.2) is 9.97 Å². The third-order valence-electron chi connectivity index (χ3n) is 2.57. The number of rotatable bonds is 1. The van der Waals surface area contributed by atoms with Crippen LogP contribution in [0.5, 0.6) is 0 Å². The first kappa shape index (κ1) is 9.77. The highest BCUT2D eigenvalue weighted by Gasteiger charge is 2.10. The summed E-state index contributed by atoms with van der Waals surface area (Å²) in [6.45, 7) is 2.01. The molecule has 3 rings (SSSR count). The van der Waals surface area contributed by atoms with Crippen LogP contribution in [-0.2, 0) is 0 Å². The maximum absolute atomic E-state index is 5.45. The Balaban J connectivity index is 2.21. The zero-order valence-corrected chi connectivity index (χ0v) is 9.21. The summed E-state index contributed by atoms with van der Waals surface area (Å²) < 4.78 is 5.28. The van der Waals surface area contributed by atoms with Crippen molar-refractivity contribution >= 4 is 16.9 Å². The number of hydrogen-bond donors (Lipinski definition) is 1. The van der Waals surface area contributed by atoms with Gasteiger partial charge in [-0.1, -0.05) is 11.2 Å². The number of nitrogen functional groups attached to an aromatic ring is 1. The Bertz CT molecular complexity index is 673. The lowest BCUT2D eigenvalue weighted by Gasteiger charge is -1.96. The molecule has 3 aromatic rings. The molecule has 2 aromatic heterocycles. The van der Waals surface area contributed by atoms with Crippen LogP contribution in [-0.4, -0.2) is 15.1 Å². The Morgan fingerprint density at radius 3 is 2.71 bits per heavy atom. The fourth-order valence-electron chi connectivity index (χ4n) is 1.71. The largest absolute Gasteiger partial charge is 0.368 e. The molecule has 2 N–H and O–H groups in total. The Labute approximate surface area is 97.3 Å². The van der Waals surface area contributed by atoms with Gasteiger partial charge in [0.05, 0.1) is 0 Å². The van der Waals surface area contributed by atoms with Gasteiger partial charge in [-0.2, -0.15) is 0 Å². The molecule has 0 spiro atoms. The lowest BCUT2D eigenvalue weighted by Crippen LogP contribution is -1.93. The number of aromatic nitrogens is 3. The molecule has 17 heavy (non-hydrogen) atoms. The van der Waals surface area contributed by atoms with E-state index in [1.54, 1.807) is 12.4 Å². The van der Waals surface area contributed by atoms with Crippen molar-refractivity contribution in [3.63, 3.8) is 0 Å². The number of fused-ring (bicyclic) bond motifs is 1. The summed E-state index contributed by atoms with van der Waals surface area (Å²) in [6.07, 6.45) is 3.28. The topological polar surface area (TPSA) is 77.8 Å². The van der Waals surface area contributed by atoms with Crippen molar-refractivity contribution in [2.24, 2.45) is 0 Å². The summed E-state index contributed by atoms with van der Waals surface area (Å²) in [4.78, 5) is 7.89. The minimum Gasteiger partial charge on any atom is -0.368 e. The van der Waals surface area contributed by atoms with E-state index >= 15 is 0 Å². The first-order valence-electron chi connectivity index (χ1n) is 5.18. The average Bonchev–Trinajstić information content (AvgIpc) is 2.73. The molecule has 0 aliphatic rings. The fraction of sp³-hybridized carbons (Fsp3) is 0.0833. The van der Waals surface area contributed by atoms with Crippen molar-refractivity contribution in [3.05, 3.63) is 36.2 Å². The molecule has 0 saturated carbocycles. The number of benzene rings is 1. The Morgan fingerprint density at radius 1 is 1.18 bits per heavy atom. The van der Waals surface area contributed by atoms with Gasteiger partial charge in [0.1, 0.15) is 5.69 Å². The number of hydrogen-bond acceptors (Lipinski definition) is 5. The van der Waals surface area contributed by atoms with E-state index in [1.807, 2.05) is 25.1 Å². The smallest absolute Gasteiger partial charge is 0.219 e. The molecule has 1 aromatic carbocycles. The van der Waals surface area contributed by atoms with Crippen LogP contribution in [0.2, 0.25) is 0 Å². The van der Waals surface area contributed by atoms with E-state index in [2.05, 4.69) is 15.1 Å². The number of nitrogens with zero attached hydrogens (tertiary/aromatic N) is 3. The van der Waals surface area contributed by atoms with Crippen molar-refractivity contribution in [2.45, 2.75) is 6.92 Å². The monoisotopic (exact) mass is 226 g/mol. The molecular weight excluding hydrogens is 216 g/mol. The maximum Gasteiger partial charge on any atom is 0.219 e. The molecule has 2 heterocycles. The number of anilines is 1. The minimum absolute atomic E-state index is 0.248. The standard InChI is InChI=1S/C12H10N4O/c1-7-2-3-9-10(4-7)17-16-11(9)8-5-14-12(13)15-6-8/h2-6H,1H3,(H2,13,14,15). The van der Waals surface area contributed by atoms with Crippen LogP contribution in [0.4, 0.5) is 5.95 Å². The maximum atomic E-state index is 5.45. The van der Waals surface area contributed by atoms with Crippen LogP contribution < -0.4 is 5.73 Å². The van der Waals surface area contributed by atoms with Crippen LogP contribution in [0.3, 0.4) is 0 Å². The van der Waals surface area contributed by atoms with Crippen molar-refractivity contribution < 1.29 is 4.52 Å². The summed E-state index contributed by atoms with van der Waals surface area (Å²) in [5.41, 5.74) is 8.87. The highest BCUT2D eigenvalue weighted by Crippen LogP contribution is 2.27. The van der Waals surface area contributed by atoms with E-state index in [1.165, 1.54) is 0 Å². The molecule has 0 fully saturated rings. The van der Waals surface area contributed by atoms with Gasteiger partial charge in [-0.15, -0.1) is 0 Å².